The SMILES string of the molecule is Cc1ccc(C(=Cc2ccc(N(c3ccc(CO)cc3)c3ccc(/C=C/C=C(c4ccccc4)c4ccccc4)c4ccccc34)cc2)c2ccc(C)cc2)cc1.OCc1ccc(N(c2ccc(/C=C/C=C(c3ccccc3)c3ccccc3)cc2)c2ccc(C=C(c3ccccc3)c3ccccc3)c3ccccc23)cc1. The number of aliphatic hydroxyl groups is 2. The molecular weight excluding hydrogens is 1360 g/mol. The molecule has 0 aliphatic carbocycles. The predicted molar refractivity (Wildman–Crippen MR) is 476 cm³/mol. The van der Waals surface area contributed by atoms with E-state index < -0.39 is 0 Å². The van der Waals surface area contributed by atoms with Crippen molar-refractivity contribution in [3.05, 3.63) is 514 Å². The standard InChI is InChI=1S/C55H45NO.C53H41NO/c1-40-20-28-47(29-21-40)54(48-30-22-41(2)23-31-48)38-42-24-33-49(34-25-42)56(50-35-26-43(39-57)27-36-50)55-37-32-46(52-17-9-10-18-53(52)55)16-11-19-51(44-12-5-3-6-13-44)45-14-7-4-8-15-45;55-39-41-30-35-48(36-31-41)54(47-33-28-40(29-34-47)16-15-27-49(42-17-5-1-6-18-42)43-19-7-2-8-20-43)53-37-32-46(50-25-13-14-26-51(50)53)38-52(44-21-9-3-10-22-44)45-23-11-4-12-24-45/h3-38,57H,39H2,1-2H3;1-38,55H,39H2/b16-11+;16-15+. The molecule has 0 spiro atoms. The molecular formula is C108H86N2O2. The van der Waals surface area contributed by atoms with Crippen LogP contribution >= 0.6 is 0 Å². The zero-order valence-electron chi connectivity index (χ0n) is 62.9. The van der Waals surface area contributed by atoms with Crippen LogP contribution in [0.4, 0.5) is 34.1 Å². The van der Waals surface area contributed by atoms with Gasteiger partial charge in [-0.05, 0) is 198 Å². The Balaban J connectivity index is 0.000000177. The van der Waals surface area contributed by atoms with E-state index in [0.29, 0.717) is 0 Å². The molecule has 0 heterocycles. The Morgan fingerprint density at radius 2 is 0.527 bits per heavy atom. The second-order valence-electron chi connectivity index (χ2n) is 27.9. The summed E-state index contributed by atoms with van der Waals surface area (Å²) in [5, 5.41) is 24.3. The smallest absolute Gasteiger partial charge is 0.0681 e. The van der Waals surface area contributed by atoms with Crippen molar-refractivity contribution in [3.8, 4) is 0 Å². The number of allylic oxidation sites excluding steroid dienone is 4. The maximum atomic E-state index is 9.87. The third kappa shape index (κ3) is 17.6. The van der Waals surface area contributed by atoms with Crippen molar-refractivity contribution >= 4 is 102 Å². The summed E-state index contributed by atoms with van der Waals surface area (Å²) in [5.41, 5.74) is 29.2. The van der Waals surface area contributed by atoms with E-state index in [1.807, 2.05) is 24.3 Å². The van der Waals surface area contributed by atoms with E-state index in [1.54, 1.807) is 0 Å². The molecule has 0 aromatic heterocycles. The maximum absolute atomic E-state index is 9.87. The van der Waals surface area contributed by atoms with Gasteiger partial charge in [0.15, 0.2) is 0 Å². The number of aryl methyl sites for hydroxylation is 2. The zero-order valence-corrected chi connectivity index (χ0v) is 62.9. The Bertz CT molecular complexity index is 5820. The summed E-state index contributed by atoms with van der Waals surface area (Å²) in [6.45, 7) is 4.25. The summed E-state index contributed by atoms with van der Waals surface area (Å²) in [6, 6.07) is 141. The van der Waals surface area contributed by atoms with E-state index in [9.17, 15) is 10.2 Å². The highest BCUT2D eigenvalue weighted by Gasteiger charge is 2.20. The molecule has 0 fully saturated rings. The maximum Gasteiger partial charge on any atom is 0.0681 e. The molecule has 540 valence electrons. The Morgan fingerprint density at radius 3 is 0.893 bits per heavy atom. The van der Waals surface area contributed by atoms with Crippen LogP contribution in [0.3, 0.4) is 0 Å². The highest BCUT2D eigenvalue weighted by molar-refractivity contribution is 6.07. The van der Waals surface area contributed by atoms with Crippen LogP contribution in [0.1, 0.15) is 89.0 Å². The van der Waals surface area contributed by atoms with Gasteiger partial charge in [0.1, 0.15) is 0 Å². The number of anilines is 6. The van der Waals surface area contributed by atoms with Gasteiger partial charge in [-0.15, -0.1) is 0 Å². The van der Waals surface area contributed by atoms with Gasteiger partial charge in [-0.25, -0.2) is 0 Å². The number of nitrogens with zero attached hydrogens (tertiary/aromatic N) is 2. The minimum atomic E-state index is 0.000276. The van der Waals surface area contributed by atoms with Gasteiger partial charge in [-0.2, -0.15) is 0 Å². The van der Waals surface area contributed by atoms with Crippen LogP contribution in [0.15, 0.2) is 425 Å². The average molecular weight is 1440 g/mol. The number of aliphatic hydroxyl groups excluding tert-OH is 2. The fraction of sp³-hybridized carbons (Fsp3) is 0.0370. The van der Waals surface area contributed by atoms with Gasteiger partial charge in [-0.1, -0.05) is 387 Å². The molecule has 16 rings (SSSR count). The second kappa shape index (κ2) is 35.8. The molecule has 0 aliphatic heterocycles. The molecule has 0 unspecified atom stereocenters. The highest BCUT2D eigenvalue weighted by atomic mass is 16.3. The van der Waals surface area contributed by atoms with Crippen LogP contribution in [-0.4, -0.2) is 10.2 Å². The predicted octanol–water partition coefficient (Wildman–Crippen LogP) is 27.7. The van der Waals surface area contributed by atoms with E-state index >= 15 is 0 Å². The molecule has 2 N–H and O–H groups in total. The molecule has 0 radical (unpaired) electrons. The molecule has 4 heteroatoms. The first-order chi connectivity index (χ1) is 55.3. The highest BCUT2D eigenvalue weighted by Crippen LogP contribution is 2.44. The number of benzene rings is 16. The van der Waals surface area contributed by atoms with E-state index in [-0.39, 0.29) is 13.2 Å². The lowest BCUT2D eigenvalue weighted by atomic mass is 9.93. The van der Waals surface area contributed by atoms with Crippen molar-refractivity contribution in [2.24, 2.45) is 0 Å². The van der Waals surface area contributed by atoms with Gasteiger partial charge < -0.3 is 20.0 Å². The number of fused-ring (bicyclic) bond motifs is 2. The summed E-state index contributed by atoms with van der Waals surface area (Å²) in [6.07, 6.45) is 17.7. The van der Waals surface area contributed by atoms with Crippen LogP contribution in [0, 0.1) is 13.8 Å². The van der Waals surface area contributed by atoms with Crippen molar-refractivity contribution in [1.29, 1.82) is 0 Å². The first-order valence-electron chi connectivity index (χ1n) is 38.2. The molecule has 0 atom stereocenters. The minimum absolute atomic E-state index is 0.000276. The molecule has 0 saturated heterocycles. The van der Waals surface area contributed by atoms with Crippen LogP contribution in [0.2, 0.25) is 0 Å². The molecule has 4 nitrogen and oxygen atoms in total. The molecule has 0 bridgehead atoms. The number of hydrogen-bond donors (Lipinski definition) is 2. The lowest BCUT2D eigenvalue weighted by molar-refractivity contribution is 0.281. The molecule has 112 heavy (non-hydrogen) atoms. The Hall–Kier alpha value is -14.0. The van der Waals surface area contributed by atoms with Gasteiger partial charge in [0.2, 0.25) is 0 Å². The quantitative estimate of drug-likeness (QED) is 0.0524. The van der Waals surface area contributed by atoms with Crippen molar-refractivity contribution in [2.45, 2.75) is 27.1 Å². The number of hydrogen-bond acceptors (Lipinski definition) is 4. The molecule has 16 aromatic rings. The van der Waals surface area contributed by atoms with Crippen molar-refractivity contribution < 1.29 is 10.2 Å². The van der Waals surface area contributed by atoms with E-state index in [0.717, 1.165) is 83.7 Å². The van der Waals surface area contributed by atoms with Crippen LogP contribution in [-0.2, 0) is 13.2 Å². The van der Waals surface area contributed by atoms with Crippen molar-refractivity contribution in [2.75, 3.05) is 9.80 Å². The summed E-state index contributed by atoms with van der Waals surface area (Å²) >= 11 is 0. The first kappa shape index (κ1) is 73.5. The Morgan fingerprint density at radius 1 is 0.241 bits per heavy atom. The van der Waals surface area contributed by atoms with Crippen molar-refractivity contribution in [3.63, 3.8) is 0 Å². The Labute approximate surface area is 658 Å². The summed E-state index contributed by atoms with van der Waals surface area (Å²) in [4.78, 5) is 4.62. The van der Waals surface area contributed by atoms with E-state index in [1.165, 1.54) is 83.3 Å². The molecule has 16 aromatic carbocycles. The topological polar surface area (TPSA) is 46.9 Å². The van der Waals surface area contributed by atoms with Gasteiger partial charge in [-0.3, -0.25) is 0 Å². The van der Waals surface area contributed by atoms with E-state index in [2.05, 4.69) is 448 Å². The Kier molecular flexibility index (Phi) is 23.5. The van der Waals surface area contributed by atoms with Gasteiger partial charge in [0, 0.05) is 33.5 Å². The van der Waals surface area contributed by atoms with Gasteiger partial charge in [0.05, 0.1) is 24.6 Å². The normalized spacial score (nSPS) is 11.0. The monoisotopic (exact) mass is 1440 g/mol. The second-order valence-corrected chi connectivity index (χ2v) is 27.9. The molecule has 0 saturated carbocycles. The fourth-order valence-electron chi connectivity index (χ4n) is 14.5. The van der Waals surface area contributed by atoms with E-state index in [4.69, 9.17) is 0 Å². The van der Waals surface area contributed by atoms with Gasteiger partial charge >= 0.3 is 0 Å². The van der Waals surface area contributed by atoms with Crippen LogP contribution < -0.4 is 9.80 Å². The van der Waals surface area contributed by atoms with Gasteiger partial charge in [0.25, 0.3) is 0 Å². The lowest BCUT2D eigenvalue weighted by Gasteiger charge is -2.27. The molecule has 0 amide bonds. The average Bonchev–Trinajstić information content (AvgIpc) is 0.770. The van der Waals surface area contributed by atoms with Crippen LogP contribution in [0.25, 0.3) is 68.1 Å². The summed E-state index contributed by atoms with van der Waals surface area (Å²) in [7, 11) is 0. The van der Waals surface area contributed by atoms with Crippen LogP contribution in [0.5, 0.6) is 0 Å². The minimum Gasteiger partial charge on any atom is -0.392 e. The first-order valence-corrected chi connectivity index (χ1v) is 38.2. The molecule has 0 aliphatic rings. The summed E-state index contributed by atoms with van der Waals surface area (Å²) < 4.78 is 0. The third-order valence-corrected chi connectivity index (χ3v) is 20.3. The third-order valence-electron chi connectivity index (χ3n) is 20.3. The lowest BCUT2D eigenvalue weighted by Crippen LogP contribution is -2.10. The zero-order chi connectivity index (χ0) is 76.2. The van der Waals surface area contributed by atoms with Crippen molar-refractivity contribution in [1.82, 2.24) is 0 Å². The fourth-order valence-corrected chi connectivity index (χ4v) is 14.5. The largest absolute Gasteiger partial charge is 0.392 e. The number of rotatable bonds is 22. The summed E-state index contributed by atoms with van der Waals surface area (Å²) in [5.74, 6) is 0.